The molecule has 2 aromatic rings. The second kappa shape index (κ2) is 5.08. The van der Waals surface area contributed by atoms with Crippen molar-refractivity contribution >= 4 is 11.5 Å². The molecule has 0 amide bonds. The Morgan fingerprint density at radius 2 is 1.55 bits per heavy atom. The summed E-state index contributed by atoms with van der Waals surface area (Å²) in [6, 6.07) is 6.26. The highest BCUT2D eigenvalue weighted by Crippen LogP contribution is 2.25. The molecule has 20 heavy (non-hydrogen) atoms. The molecule has 0 aliphatic rings. The van der Waals surface area contributed by atoms with E-state index in [0.717, 1.165) is 22.3 Å². The average molecular weight is 271 g/mol. The van der Waals surface area contributed by atoms with Gasteiger partial charge in [-0.25, -0.2) is 4.39 Å². The van der Waals surface area contributed by atoms with Crippen molar-refractivity contribution in [1.82, 2.24) is 0 Å². The number of carbonyl (C=O) groups excluding carboxylic acids is 1. The van der Waals surface area contributed by atoms with Gasteiger partial charge >= 0.3 is 0 Å². The van der Waals surface area contributed by atoms with E-state index in [0.29, 0.717) is 11.1 Å². The van der Waals surface area contributed by atoms with Crippen molar-refractivity contribution in [2.24, 2.45) is 0 Å². The Kier molecular flexibility index (Phi) is 3.62. The number of hydrogen-bond donors (Lipinski definition) is 1. The Labute approximate surface area is 118 Å². The molecule has 0 fully saturated rings. The average Bonchev–Trinajstić information content (AvgIpc) is 2.40. The highest BCUT2D eigenvalue weighted by molar-refractivity contribution is 6.11. The summed E-state index contributed by atoms with van der Waals surface area (Å²) in [6.07, 6.45) is 0. The fraction of sp³-hybridized carbons (Fsp3) is 0.235. The molecule has 2 N–H and O–H groups in total. The number of halogens is 1. The topological polar surface area (TPSA) is 43.1 Å². The van der Waals surface area contributed by atoms with Crippen LogP contribution in [0.1, 0.15) is 38.2 Å². The Balaban J connectivity index is 2.62. The molecule has 3 heteroatoms. The highest BCUT2D eigenvalue weighted by Gasteiger charge is 2.18. The van der Waals surface area contributed by atoms with E-state index in [9.17, 15) is 9.18 Å². The van der Waals surface area contributed by atoms with Gasteiger partial charge in [0.15, 0.2) is 5.78 Å². The smallest absolute Gasteiger partial charge is 0.193 e. The van der Waals surface area contributed by atoms with Gasteiger partial charge in [-0.3, -0.25) is 4.79 Å². The highest BCUT2D eigenvalue weighted by atomic mass is 19.1. The Morgan fingerprint density at radius 3 is 2.05 bits per heavy atom. The van der Waals surface area contributed by atoms with Crippen LogP contribution in [-0.2, 0) is 0 Å². The molecule has 0 aliphatic heterocycles. The van der Waals surface area contributed by atoms with Gasteiger partial charge in [0.1, 0.15) is 5.82 Å². The molecule has 0 atom stereocenters. The van der Waals surface area contributed by atoms with E-state index in [1.807, 2.05) is 27.7 Å². The molecule has 0 radical (unpaired) electrons. The first-order valence-electron chi connectivity index (χ1n) is 6.50. The van der Waals surface area contributed by atoms with E-state index in [1.165, 1.54) is 12.1 Å². The van der Waals surface area contributed by atoms with Gasteiger partial charge in [0.25, 0.3) is 0 Å². The molecule has 2 aromatic carbocycles. The summed E-state index contributed by atoms with van der Waals surface area (Å²) >= 11 is 0. The SMILES string of the molecule is Cc1cc(C)c(C)c(C(=O)c2ccc(N)c(F)c2)c1C. The normalized spacial score (nSPS) is 10.7. The molecule has 0 spiro atoms. The van der Waals surface area contributed by atoms with E-state index in [4.69, 9.17) is 5.73 Å². The molecular weight excluding hydrogens is 253 g/mol. The van der Waals surface area contributed by atoms with Gasteiger partial charge in [-0.2, -0.15) is 0 Å². The van der Waals surface area contributed by atoms with Crippen LogP contribution in [0.3, 0.4) is 0 Å². The third kappa shape index (κ3) is 2.31. The second-order valence-corrected chi connectivity index (χ2v) is 5.20. The van der Waals surface area contributed by atoms with Crippen molar-refractivity contribution in [2.75, 3.05) is 5.73 Å². The van der Waals surface area contributed by atoms with Gasteiger partial charge in [-0.05, 0) is 68.1 Å². The summed E-state index contributed by atoms with van der Waals surface area (Å²) in [7, 11) is 0. The number of nitrogen functional groups attached to an aromatic ring is 1. The molecule has 0 heterocycles. The molecule has 2 nitrogen and oxygen atoms in total. The maximum atomic E-state index is 13.5. The number of hydrogen-bond acceptors (Lipinski definition) is 2. The second-order valence-electron chi connectivity index (χ2n) is 5.20. The fourth-order valence-electron chi connectivity index (χ4n) is 2.37. The van der Waals surface area contributed by atoms with Crippen molar-refractivity contribution in [3.05, 3.63) is 63.5 Å². The third-order valence-electron chi connectivity index (χ3n) is 3.86. The first kappa shape index (κ1) is 14.3. The zero-order valence-electron chi connectivity index (χ0n) is 12.2. The summed E-state index contributed by atoms with van der Waals surface area (Å²) in [5.74, 6) is -0.721. The molecule has 2 rings (SSSR count). The zero-order chi connectivity index (χ0) is 15.0. The standard InChI is InChI=1S/C17H18FNO/c1-9-7-10(2)12(4)16(11(9)3)17(20)13-5-6-15(19)14(18)8-13/h5-8H,19H2,1-4H3. The van der Waals surface area contributed by atoms with Crippen LogP contribution in [0.25, 0.3) is 0 Å². The monoisotopic (exact) mass is 271 g/mol. The van der Waals surface area contributed by atoms with Crippen LogP contribution in [0.4, 0.5) is 10.1 Å². The minimum Gasteiger partial charge on any atom is -0.396 e. The van der Waals surface area contributed by atoms with Crippen LogP contribution < -0.4 is 5.73 Å². The van der Waals surface area contributed by atoms with Crippen LogP contribution >= 0.6 is 0 Å². The summed E-state index contributed by atoms with van der Waals surface area (Å²) in [6.45, 7) is 7.79. The summed E-state index contributed by atoms with van der Waals surface area (Å²) in [4.78, 5) is 12.6. The van der Waals surface area contributed by atoms with Gasteiger partial charge in [-0.15, -0.1) is 0 Å². The predicted molar refractivity (Wildman–Crippen MR) is 79.6 cm³/mol. The lowest BCUT2D eigenvalue weighted by Gasteiger charge is -2.14. The molecule has 0 unspecified atom stereocenters. The maximum Gasteiger partial charge on any atom is 0.193 e. The Bertz CT molecular complexity index is 678. The number of nitrogens with two attached hydrogens (primary N) is 1. The molecule has 0 aromatic heterocycles. The lowest BCUT2D eigenvalue weighted by molar-refractivity contribution is 0.103. The molecule has 0 saturated carbocycles. The van der Waals surface area contributed by atoms with Gasteiger partial charge in [0.2, 0.25) is 0 Å². The molecular formula is C17H18FNO. The van der Waals surface area contributed by atoms with E-state index in [2.05, 4.69) is 6.07 Å². The molecule has 0 aliphatic carbocycles. The number of rotatable bonds is 2. The Hall–Kier alpha value is -2.16. The Morgan fingerprint density at radius 1 is 1.00 bits per heavy atom. The van der Waals surface area contributed by atoms with E-state index >= 15 is 0 Å². The van der Waals surface area contributed by atoms with Crippen LogP contribution in [-0.4, -0.2) is 5.78 Å². The van der Waals surface area contributed by atoms with Gasteiger partial charge in [0.05, 0.1) is 5.69 Å². The number of aryl methyl sites for hydroxylation is 2. The lowest BCUT2D eigenvalue weighted by Crippen LogP contribution is -2.09. The first-order chi connectivity index (χ1) is 9.32. The molecule has 104 valence electrons. The minimum atomic E-state index is -0.560. The predicted octanol–water partition coefficient (Wildman–Crippen LogP) is 3.87. The minimum absolute atomic E-state index is 0.0513. The van der Waals surface area contributed by atoms with Crippen LogP contribution in [0.15, 0.2) is 24.3 Å². The molecule has 0 saturated heterocycles. The number of anilines is 1. The van der Waals surface area contributed by atoms with Crippen molar-refractivity contribution in [1.29, 1.82) is 0 Å². The first-order valence-corrected chi connectivity index (χ1v) is 6.50. The number of ketones is 1. The van der Waals surface area contributed by atoms with E-state index in [-0.39, 0.29) is 11.5 Å². The van der Waals surface area contributed by atoms with Gasteiger partial charge < -0.3 is 5.73 Å². The van der Waals surface area contributed by atoms with Gasteiger partial charge in [0, 0.05) is 11.1 Å². The molecule has 0 bridgehead atoms. The summed E-state index contributed by atoms with van der Waals surface area (Å²) in [5.41, 5.74) is 10.5. The summed E-state index contributed by atoms with van der Waals surface area (Å²) < 4.78 is 13.5. The van der Waals surface area contributed by atoms with Crippen molar-refractivity contribution in [3.63, 3.8) is 0 Å². The summed E-state index contributed by atoms with van der Waals surface area (Å²) in [5, 5.41) is 0. The maximum absolute atomic E-state index is 13.5. The number of carbonyl (C=O) groups is 1. The van der Waals surface area contributed by atoms with Crippen LogP contribution in [0.2, 0.25) is 0 Å². The van der Waals surface area contributed by atoms with Crippen molar-refractivity contribution < 1.29 is 9.18 Å². The lowest BCUT2D eigenvalue weighted by atomic mass is 9.89. The third-order valence-corrected chi connectivity index (χ3v) is 3.86. The van der Waals surface area contributed by atoms with E-state index < -0.39 is 5.82 Å². The zero-order valence-corrected chi connectivity index (χ0v) is 12.2. The fourth-order valence-corrected chi connectivity index (χ4v) is 2.37. The quantitative estimate of drug-likeness (QED) is 0.665. The van der Waals surface area contributed by atoms with Gasteiger partial charge in [-0.1, -0.05) is 6.07 Å². The van der Waals surface area contributed by atoms with Crippen LogP contribution in [0, 0.1) is 33.5 Å². The van der Waals surface area contributed by atoms with Crippen molar-refractivity contribution in [3.8, 4) is 0 Å². The van der Waals surface area contributed by atoms with Crippen molar-refractivity contribution in [2.45, 2.75) is 27.7 Å². The largest absolute Gasteiger partial charge is 0.396 e. The van der Waals surface area contributed by atoms with Crippen LogP contribution in [0.5, 0.6) is 0 Å². The van der Waals surface area contributed by atoms with E-state index in [1.54, 1.807) is 6.07 Å². The number of benzene rings is 2.